The third kappa shape index (κ3) is 8.54. The summed E-state index contributed by atoms with van der Waals surface area (Å²) < 4.78 is 34.0. The van der Waals surface area contributed by atoms with Gasteiger partial charge in [-0.05, 0) is 79.4 Å². The van der Waals surface area contributed by atoms with Crippen LogP contribution in [0.15, 0.2) is 113 Å². The Labute approximate surface area is 258 Å². The molecule has 0 spiro atoms. The summed E-state index contributed by atoms with van der Waals surface area (Å²) in [6.07, 6.45) is 2.03. The number of benzene rings is 4. The van der Waals surface area contributed by atoms with E-state index in [4.69, 9.17) is 4.74 Å². The second-order valence-corrected chi connectivity index (χ2v) is 12.0. The predicted octanol–water partition coefficient (Wildman–Crippen LogP) is 5.16. The molecule has 10 heteroatoms. The molecule has 0 heterocycles. The molecule has 0 aliphatic heterocycles. The van der Waals surface area contributed by atoms with Gasteiger partial charge in [-0.15, -0.1) is 0 Å². The topological polar surface area (TPSA) is 117 Å². The van der Waals surface area contributed by atoms with E-state index in [9.17, 15) is 18.0 Å². The third-order valence-electron chi connectivity index (χ3n) is 6.87. The highest BCUT2D eigenvalue weighted by molar-refractivity contribution is 7.92. The van der Waals surface area contributed by atoms with Gasteiger partial charge in [0.25, 0.3) is 21.8 Å². The lowest BCUT2D eigenvalue weighted by molar-refractivity contribution is -0.123. The summed E-state index contributed by atoms with van der Waals surface area (Å²) in [4.78, 5) is 25.3. The SMILES string of the molecule is CCc1ccccc1N(CC(=O)N/N=C\c1ccc(OCC(=O)N[C@@H](C)c2ccccc2)cc1)S(=O)(=O)c1ccc(C)cc1. The zero-order valence-electron chi connectivity index (χ0n) is 24.9. The zero-order chi connectivity index (χ0) is 31.5. The van der Waals surface area contributed by atoms with Crippen LogP contribution in [0.4, 0.5) is 5.69 Å². The second-order valence-electron chi connectivity index (χ2n) is 10.2. The van der Waals surface area contributed by atoms with Crippen LogP contribution in [-0.4, -0.2) is 39.6 Å². The Morgan fingerprint density at radius 1 is 0.886 bits per heavy atom. The Hall–Kier alpha value is -4.96. The molecule has 9 nitrogen and oxygen atoms in total. The molecular formula is C34H36N4O5S. The highest BCUT2D eigenvalue weighted by Gasteiger charge is 2.28. The second kappa shape index (κ2) is 15.0. The van der Waals surface area contributed by atoms with Crippen molar-refractivity contribution in [3.63, 3.8) is 0 Å². The Morgan fingerprint density at radius 2 is 1.55 bits per heavy atom. The van der Waals surface area contributed by atoms with Gasteiger partial charge in [0.2, 0.25) is 0 Å². The number of amides is 2. The molecular weight excluding hydrogens is 576 g/mol. The van der Waals surface area contributed by atoms with Crippen LogP contribution in [0.25, 0.3) is 0 Å². The van der Waals surface area contributed by atoms with E-state index in [2.05, 4.69) is 15.8 Å². The van der Waals surface area contributed by atoms with Gasteiger partial charge in [-0.25, -0.2) is 13.8 Å². The number of para-hydroxylation sites is 1. The fourth-order valence-corrected chi connectivity index (χ4v) is 5.90. The van der Waals surface area contributed by atoms with Crippen LogP contribution in [0, 0.1) is 6.92 Å². The number of carbonyl (C=O) groups excluding carboxylic acids is 2. The largest absolute Gasteiger partial charge is 0.484 e. The van der Waals surface area contributed by atoms with Crippen molar-refractivity contribution in [1.29, 1.82) is 0 Å². The maximum absolute atomic E-state index is 13.7. The standard InChI is InChI=1S/C34H36N4O5S/c1-4-28-10-8-9-13-32(28)38(44(41,42)31-20-14-25(2)15-21-31)23-33(39)37-35-22-27-16-18-30(19-17-27)43-24-34(40)36-26(3)29-11-6-5-7-12-29/h5-22,26H,4,23-24H2,1-3H3,(H,36,40)(H,37,39)/b35-22-/t26-/m0/s1. The van der Waals surface area contributed by atoms with E-state index >= 15 is 0 Å². The lowest BCUT2D eigenvalue weighted by atomic mass is 10.1. The van der Waals surface area contributed by atoms with Crippen molar-refractivity contribution < 1.29 is 22.7 Å². The number of carbonyl (C=O) groups is 2. The molecule has 228 valence electrons. The molecule has 1 atom stereocenters. The van der Waals surface area contributed by atoms with E-state index in [1.165, 1.54) is 18.3 Å². The Kier molecular flexibility index (Phi) is 10.9. The number of hydrazone groups is 1. The van der Waals surface area contributed by atoms with Gasteiger partial charge in [0.15, 0.2) is 6.61 Å². The number of ether oxygens (including phenoxy) is 1. The summed E-state index contributed by atoms with van der Waals surface area (Å²) in [5, 5.41) is 6.91. The van der Waals surface area contributed by atoms with Crippen LogP contribution in [0.1, 0.15) is 42.1 Å². The van der Waals surface area contributed by atoms with Gasteiger partial charge in [-0.3, -0.25) is 13.9 Å². The Bertz CT molecular complexity index is 1690. The van der Waals surface area contributed by atoms with E-state index in [-0.39, 0.29) is 23.5 Å². The molecule has 4 aromatic rings. The minimum absolute atomic E-state index is 0.0933. The molecule has 44 heavy (non-hydrogen) atoms. The minimum Gasteiger partial charge on any atom is -0.484 e. The number of anilines is 1. The quantitative estimate of drug-likeness (QED) is 0.160. The summed E-state index contributed by atoms with van der Waals surface area (Å²) in [5.41, 5.74) is 6.26. The fraction of sp³-hybridized carbons (Fsp3) is 0.206. The number of nitrogens with one attached hydrogen (secondary N) is 2. The number of rotatable bonds is 13. The number of nitrogens with zero attached hydrogens (tertiary/aromatic N) is 2. The molecule has 0 radical (unpaired) electrons. The van der Waals surface area contributed by atoms with Crippen molar-refractivity contribution in [2.75, 3.05) is 17.5 Å². The molecule has 2 amide bonds. The molecule has 4 aromatic carbocycles. The van der Waals surface area contributed by atoms with Crippen LogP contribution in [0.2, 0.25) is 0 Å². The maximum Gasteiger partial charge on any atom is 0.264 e. The summed E-state index contributed by atoms with van der Waals surface area (Å²) in [7, 11) is -4.04. The molecule has 0 saturated heterocycles. The van der Waals surface area contributed by atoms with Crippen molar-refractivity contribution in [2.45, 2.75) is 38.1 Å². The van der Waals surface area contributed by atoms with E-state index in [0.717, 1.165) is 21.0 Å². The maximum atomic E-state index is 13.7. The molecule has 0 bridgehead atoms. The van der Waals surface area contributed by atoms with Crippen LogP contribution in [0.3, 0.4) is 0 Å². The van der Waals surface area contributed by atoms with Crippen molar-refractivity contribution in [3.05, 3.63) is 125 Å². The van der Waals surface area contributed by atoms with E-state index < -0.39 is 22.5 Å². The zero-order valence-corrected chi connectivity index (χ0v) is 25.8. The van der Waals surface area contributed by atoms with E-state index in [1.807, 2.05) is 63.2 Å². The number of hydrogen-bond donors (Lipinski definition) is 2. The van der Waals surface area contributed by atoms with Crippen molar-refractivity contribution >= 4 is 33.7 Å². The van der Waals surface area contributed by atoms with Crippen LogP contribution >= 0.6 is 0 Å². The van der Waals surface area contributed by atoms with E-state index in [0.29, 0.717) is 23.4 Å². The highest BCUT2D eigenvalue weighted by Crippen LogP contribution is 2.27. The molecule has 0 aliphatic carbocycles. The summed E-state index contributed by atoms with van der Waals surface area (Å²) >= 11 is 0. The van der Waals surface area contributed by atoms with Crippen LogP contribution in [-0.2, 0) is 26.0 Å². The molecule has 2 N–H and O–H groups in total. The average Bonchev–Trinajstić information content (AvgIpc) is 3.03. The first kappa shape index (κ1) is 32.0. The minimum atomic E-state index is -4.04. The first-order chi connectivity index (χ1) is 21.2. The normalized spacial score (nSPS) is 12.0. The first-order valence-electron chi connectivity index (χ1n) is 14.2. The molecule has 0 aliphatic rings. The summed E-state index contributed by atoms with van der Waals surface area (Å²) in [6.45, 7) is 5.12. The fourth-order valence-electron chi connectivity index (χ4n) is 4.44. The van der Waals surface area contributed by atoms with Crippen LogP contribution in [0.5, 0.6) is 5.75 Å². The summed E-state index contributed by atoms with van der Waals surface area (Å²) in [6, 6.07) is 30.0. The molecule has 4 rings (SSSR count). The van der Waals surface area contributed by atoms with Gasteiger partial charge in [0, 0.05) is 0 Å². The van der Waals surface area contributed by atoms with Crippen molar-refractivity contribution in [3.8, 4) is 5.75 Å². The van der Waals surface area contributed by atoms with Gasteiger partial charge in [-0.1, -0.05) is 73.2 Å². The van der Waals surface area contributed by atoms with Gasteiger partial charge >= 0.3 is 0 Å². The monoisotopic (exact) mass is 612 g/mol. The van der Waals surface area contributed by atoms with Gasteiger partial charge in [0.1, 0.15) is 12.3 Å². The number of sulfonamides is 1. The smallest absolute Gasteiger partial charge is 0.264 e. The lowest BCUT2D eigenvalue weighted by Crippen LogP contribution is -2.40. The summed E-state index contributed by atoms with van der Waals surface area (Å²) in [5.74, 6) is -0.339. The van der Waals surface area contributed by atoms with Crippen molar-refractivity contribution in [1.82, 2.24) is 10.7 Å². The molecule has 0 fully saturated rings. The lowest BCUT2D eigenvalue weighted by Gasteiger charge is -2.25. The van der Waals surface area contributed by atoms with Crippen molar-refractivity contribution in [2.24, 2.45) is 5.10 Å². The van der Waals surface area contributed by atoms with E-state index in [1.54, 1.807) is 48.5 Å². The molecule has 0 unspecified atom stereocenters. The first-order valence-corrected chi connectivity index (χ1v) is 15.7. The Balaban J connectivity index is 1.35. The average molecular weight is 613 g/mol. The third-order valence-corrected chi connectivity index (χ3v) is 8.64. The number of hydrogen-bond acceptors (Lipinski definition) is 6. The van der Waals surface area contributed by atoms with Gasteiger partial charge < -0.3 is 10.1 Å². The highest BCUT2D eigenvalue weighted by atomic mass is 32.2. The van der Waals surface area contributed by atoms with Crippen LogP contribution < -0.4 is 19.8 Å². The molecule has 0 saturated carbocycles. The van der Waals surface area contributed by atoms with Gasteiger partial charge in [0.05, 0.1) is 22.8 Å². The number of aryl methyl sites for hydroxylation is 2. The Morgan fingerprint density at radius 3 is 2.23 bits per heavy atom. The predicted molar refractivity (Wildman–Crippen MR) is 172 cm³/mol. The van der Waals surface area contributed by atoms with Gasteiger partial charge in [-0.2, -0.15) is 5.10 Å². The molecule has 0 aromatic heterocycles.